The van der Waals surface area contributed by atoms with Crippen LogP contribution in [0.4, 0.5) is 0 Å². The summed E-state index contributed by atoms with van der Waals surface area (Å²) in [5.41, 5.74) is 1.15. The monoisotopic (exact) mass is 387 g/mol. The van der Waals surface area contributed by atoms with Crippen molar-refractivity contribution in [2.24, 2.45) is 11.8 Å². The Kier molecular flexibility index (Phi) is 5.97. The third kappa shape index (κ3) is 3.94. The topological polar surface area (TPSA) is 80.1 Å². The summed E-state index contributed by atoms with van der Waals surface area (Å²) in [6, 6.07) is 0.327. The van der Waals surface area contributed by atoms with Gasteiger partial charge < -0.3 is 10.2 Å². The molecule has 2 aliphatic carbocycles. The molecular formula is C21H33N5O2. The van der Waals surface area contributed by atoms with Gasteiger partial charge in [0.2, 0.25) is 11.8 Å². The van der Waals surface area contributed by atoms with Gasteiger partial charge in [-0.2, -0.15) is 0 Å². The van der Waals surface area contributed by atoms with Crippen LogP contribution in [0.15, 0.2) is 6.20 Å². The van der Waals surface area contributed by atoms with Crippen molar-refractivity contribution in [2.45, 2.75) is 76.2 Å². The van der Waals surface area contributed by atoms with Crippen molar-refractivity contribution in [3.05, 3.63) is 11.9 Å². The van der Waals surface area contributed by atoms with E-state index in [1.165, 1.54) is 25.7 Å². The van der Waals surface area contributed by atoms with E-state index in [2.05, 4.69) is 21.8 Å². The first-order valence-electron chi connectivity index (χ1n) is 11.1. The summed E-state index contributed by atoms with van der Waals surface area (Å²) >= 11 is 0. The summed E-state index contributed by atoms with van der Waals surface area (Å²) in [7, 11) is 1.67. The highest BCUT2D eigenvalue weighted by atomic mass is 16.2. The number of carbonyl (C=O) groups excluding carboxylic acids is 2. The van der Waals surface area contributed by atoms with Crippen LogP contribution in [0.5, 0.6) is 0 Å². The summed E-state index contributed by atoms with van der Waals surface area (Å²) in [5, 5.41) is 11.6. The Balaban J connectivity index is 1.34. The summed E-state index contributed by atoms with van der Waals surface area (Å²) < 4.78 is 2.03. The molecule has 1 aliphatic heterocycles. The van der Waals surface area contributed by atoms with Gasteiger partial charge in [0.05, 0.1) is 11.7 Å². The zero-order valence-electron chi connectivity index (χ0n) is 17.0. The molecule has 1 saturated heterocycles. The molecule has 1 N–H and O–H groups in total. The van der Waals surface area contributed by atoms with Crippen molar-refractivity contribution < 1.29 is 9.59 Å². The lowest BCUT2D eigenvalue weighted by molar-refractivity contribution is -0.144. The van der Waals surface area contributed by atoms with Crippen LogP contribution in [0.25, 0.3) is 0 Å². The Morgan fingerprint density at radius 3 is 2.29 bits per heavy atom. The van der Waals surface area contributed by atoms with Crippen LogP contribution in [-0.2, 0) is 9.59 Å². The minimum Gasteiger partial charge on any atom is -0.359 e. The number of aromatic nitrogens is 3. The van der Waals surface area contributed by atoms with E-state index in [0.717, 1.165) is 57.3 Å². The van der Waals surface area contributed by atoms with Gasteiger partial charge in [0.25, 0.3) is 0 Å². The number of rotatable bonds is 4. The van der Waals surface area contributed by atoms with Gasteiger partial charge in [-0.05, 0) is 38.5 Å². The number of likely N-dealkylation sites (tertiary alicyclic amines) is 1. The van der Waals surface area contributed by atoms with Crippen LogP contribution < -0.4 is 5.32 Å². The Morgan fingerprint density at radius 2 is 1.61 bits per heavy atom. The maximum absolute atomic E-state index is 13.1. The van der Waals surface area contributed by atoms with E-state index >= 15 is 0 Å². The highest BCUT2D eigenvalue weighted by Crippen LogP contribution is 2.35. The van der Waals surface area contributed by atoms with E-state index < -0.39 is 0 Å². The van der Waals surface area contributed by atoms with E-state index in [4.69, 9.17) is 0 Å². The summed E-state index contributed by atoms with van der Waals surface area (Å²) in [5.74, 6) is 0.481. The highest BCUT2D eigenvalue weighted by molar-refractivity contribution is 5.87. The molecule has 1 aromatic rings. The molecule has 2 heterocycles. The fraction of sp³-hybridized carbons (Fsp3) is 0.810. The number of nitrogens with zero attached hydrogens (tertiary/aromatic N) is 4. The first-order chi connectivity index (χ1) is 13.7. The number of hydrogen-bond acceptors (Lipinski definition) is 4. The van der Waals surface area contributed by atoms with E-state index in [9.17, 15) is 9.59 Å². The maximum Gasteiger partial charge on any atom is 0.226 e. The average Bonchev–Trinajstić information content (AvgIpc) is 3.44. The second kappa shape index (κ2) is 8.62. The molecule has 3 aliphatic rings. The normalized spacial score (nSPS) is 27.1. The SMILES string of the molecule is CNC(=O)[C@@H]1CCCC[C@@H]1C(=O)N1CCC(n2cc(C3CCCC3)nn2)CC1. The zero-order valence-corrected chi connectivity index (χ0v) is 17.0. The lowest BCUT2D eigenvalue weighted by Gasteiger charge is -2.37. The van der Waals surface area contributed by atoms with Gasteiger partial charge in [0, 0.05) is 44.1 Å². The van der Waals surface area contributed by atoms with Crippen molar-refractivity contribution in [3.8, 4) is 0 Å². The molecule has 0 bridgehead atoms. The molecule has 3 fully saturated rings. The van der Waals surface area contributed by atoms with Crippen LogP contribution in [0, 0.1) is 11.8 Å². The number of carbonyl (C=O) groups is 2. The van der Waals surface area contributed by atoms with Crippen molar-refractivity contribution in [2.75, 3.05) is 20.1 Å². The smallest absolute Gasteiger partial charge is 0.226 e. The third-order valence-electron chi connectivity index (χ3n) is 7.12. The molecule has 0 spiro atoms. The predicted octanol–water partition coefficient (Wildman–Crippen LogP) is 2.65. The number of nitrogens with one attached hydrogen (secondary N) is 1. The van der Waals surface area contributed by atoms with Crippen molar-refractivity contribution >= 4 is 11.8 Å². The molecule has 7 heteroatoms. The van der Waals surface area contributed by atoms with Crippen molar-refractivity contribution in [1.82, 2.24) is 25.2 Å². The maximum atomic E-state index is 13.1. The minimum atomic E-state index is -0.159. The summed E-state index contributed by atoms with van der Waals surface area (Å²) in [6.07, 6.45) is 12.8. The standard InChI is InChI=1S/C21H33N5O2/c1-22-20(27)17-8-4-5-9-18(17)21(28)25-12-10-16(11-13-25)26-14-19(23-24-26)15-6-2-3-7-15/h14-18H,2-13H2,1H3,(H,22,27)/t17-,18+/m1/s1. The highest BCUT2D eigenvalue weighted by Gasteiger charge is 2.38. The molecule has 28 heavy (non-hydrogen) atoms. The lowest BCUT2D eigenvalue weighted by atomic mass is 9.77. The Bertz CT molecular complexity index is 689. The van der Waals surface area contributed by atoms with E-state index in [1.807, 2.05) is 9.58 Å². The Hall–Kier alpha value is -1.92. The first kappa shape index (κ1) is 19.4. The number of amides is 2. The van der Waals surface area contributed by atoms with Crippen LogP contribution in [0.3, 0.4) is 0 Å². The summed E-state index contributed by atoms with van der Waals surface area (Å²) in [4.78, 5) is 27.3. The molecule has 0 unspecified atom stereocenters. The van der Waals surface area contributed by atoms with Crippen LogP contribution in [0.2, 0.25) is 0 Å². The largest absolute Gasteiger partial charge is 0.359 e. The van der Waals surface area contributed by atoms with Gasteiger partial charge in [-0.25, -0.2) is 4.68 Å². The molecule has 2 atom stereocenters. The van der Waals surface area contributed by atoms with Gasteiger partial charge in [-0.3, -0.25) is 9.59 Å². The van der Waals surface area contributed by atoms with Gasteiger partial charge in [0.15, 0.2) is 0 Å². The Labute approximate surface area is 167 Å². The van der Waals surface area contributed by atoms with E-state index in [1.54, 1.807) is 7.05 Å². The molecule has 0 radical (unpaired) electrons. The molecular weight excluding hydrogens is 354 g/mol. The molecule has 154 valence electrons. The quantitative estimate of drug-likeness (QED) is 0.861. The van der Waals surface area contributed by atoms with E-state index in [0.29, 0.717) is 12.0 Å². The predicted molar refractivity (Wildman–Crippen MR) is 106 cm³/mol. The van der Waals surface area contributed by atoms with Crippen LogP contribution in [0.1, 0.15) is 81.9 Å². The molecule has 4 rings (SSSR count). The average molecular weight is 388 g/mol. The molecule has 2 saturated carbocycles. The van der Waals surface area contributed by atoms with Crippen molar-refractivity contribution in [3.63, 3.8) is 0 Å². The fourth-order valence-corrected chi connectivity index (χ4v) is 5.39. The zero-order chi connectivity index (χ0) is 19.5. The van der Waals surface area contributed by atoms with Crippen LogP contribution in [-0.4, -0.2) is 51.8 Å². The second-order valence-corrected chi connectivity index (χ2v) is 8.77. The van der Waals surface area contributed by atoms with Gasteiger partial charge in [-0.1, -0.05) is 30.9 Å². The van der Waals surface area contributed by atoms with E-state index in [-0.39, 0.29) is 23.7 Å². The number of hydrogen-bond donors (Lipinski definition) is 1. The minimum absolute atomic E-state index is 0.0231. The third-order valence-corrected chi connectivity index (χ3v) is 7.12. The fourth-order valence-electron chi connectivity index (χ4n) is 5.39. The summed E-state index contributed by atoms with van der Waals surface area (Å²) in [6.45, 7) is 1.50. The molecule has 7 nitrogen and oxygen atoms in total. The number of piperidine rings is 1. The van der Waals surface area contributed by atoms with Gasteiger partial charge in [-0.15, -0.1) is 5.10 Å². The lowest BCUT2D eigenvalue weighted by Crippen LogP contribution is -2.47. The molecule has 1 aromatic heterocycles. The first-order valence-corrected chi connectivity index (χ1v) is 11.1. The Morgan fingerprint density at radius 1 is 0.964 bits per heavy atom. The van der Waals surface area contributed by atoms with Crippen LogP contribution >= 0.6 is 0 Å². The second-order valence-electron chi connectivity index (χ2n) is 8.77. The molecule has 2 amide bonds. The van der Waals surface area contributed by atoms with Gasteiger partial charge in [0.1, 0.15) is 0 Å². The van der Waals surface area contributed by atoms with Gasteiger partial charge >= 0.3 is 0 Å². The molecule has 0 aromatic carbocycles. The van der Waals surface area contributed by atoms with Crippen molar-refractivity contribution in [1.29, 1.82) is 0 Å².